The molecule has 6 nitrogen and oxygen atoms in total. The topological polar surface area (TPSA) is 76.7 Å². The van der Waals surface area contributed by atoms with E-state index in [2.05, 4.69) is 10.6 Å². The lowest BCUT2D eigenvalue weighted by Crippen LogP contribution is -2.48. The number of carbonyl (C=O) groups is 2. The Hall–Kier alpha value is -2.24. The van der Waals surface area contributed by atoms with Crippen LogP contribution in [0.2, 0.25) is 0 Å². The summed E-state index contributed by atoms with van der Waals surface area (Å²) in [5.74, 6) is 0.948. The van der Waals surface area contributed by atoms with Gasteiger partial charge in [0.15, 0.2) is 0 Å². The minimum absolute atomic E-state index is 0.0756. The van der Waals surface area contributed by atoms with Gasteiger partial charge in [-0.2, -0.15) is 0 Å². The van der Waals surface area contributed by atoms with Crippen molar-refractivity contribution in [2.24, 2.45) is 0 Å². The molecule has 2 aliphatic rings. The van der Waals surface area contributed by atoms with E-state index in [0.29, 0.717) is 17.4 Å². The third kappa shape index (κ3) is 3.94. The van der Waals surface area contributed by atoms with Gasteiger partial charge in [-0.1, -0.05) is 6.07 Å². The lowest BCUT2D eigenvalue weighted by Gasteiger charge is -2.22. The predicted molar refractivity (Wildman–Crippen MR) is 85.7 cm³/mol. The molecular formula is C17H22N2O4. The molecule has 1 aromatic rings. The number of rotatable bonds is 2. The van der Waals surface area contributed by atoms with E-state index < -0.39 is 17.7 Å². The van der Waals surface area contributed by atoms with Crippen LogP contribution in [0.3, 0.4) is 0 Å². The van der Waals surface area contributed by atoms with Crippen LogP contribution in [0.5, 0.6) is 5.75 Å². The molecule has 1 fully saturated rings. The van der Waals surface area contributed by atoms with Crippen LogP contribution in [-0.2, 0) is 9.53 Å². The first-order valence-corrected chi connectivity index (χ1v) is 7.89. The SMILES string of the molecule is CC(C)(C)OC(=O)N[C@H]1COc2cc(C3CC3)ccc2NC1=O. The molecular weight excluding hydrogens is 296 g/mol. The van der Waals surface area contributed by atoms with Crippen molar-refractivity contribution in [3.05, 3.63) is 23.8 Å². The molecule has 1 heterocycles. The molecule has 0 saturated heterocycles. The Kier molecular flexibility index (Phi) is 3.92. The van der Waals surface area contributed by atoms with Gasteiger partial charge >= 0.3 is 6.09 Å². The largest absolute Gasteiger partial charge is 0.489 e. The minimum Gasteiger partial charge on any atom is -0.489 e. The van der Waals surface area contributed by atoms with Crippen LogP contribution >= 0.6 is 0 Å². The van der Waals surface area contributed by atoms with Crippen molar-refractivity contribution in [2.45, 2.75) is 51.2 Å². The number of hydrogen-bond donors (Lipinski definition) is 2. The molecule has 6 heteroatoms. The maximum Gasteiger partial charge on any atom is 0.408 e. The van der Waals surface area contributed by atoms with Crippen LogP contribution in [0.25, 0.3) is 0 Å². The van der Waals surface area contributed by atoms with E-state index >= 15 is 0 Å². The maximum absolute atomic E-state index is 12.2. The fourth-order valence-corrected chi connectivity index (χ4v) is 2.46. The molecule has 3 rings (SSSR count). The molecule has 1 aliphatic heterocycles. The summed E-state index contributed by atoms with van der Waals surface area (Å²) in [5.41, 5.74) is 1.25. The van der Waals surface area contributed by atoms with Crippen molar-refractivity contribution in [3.8, 4) is 5.75 Å². The molecule has 0 bridgehead atoms. The maximum atomic E-state index is 12.2. The van der Waals surface area contributed by atoms with Gasteiger partial charge < -0.3 is 20.1 Å². The zero-order valence-corrected chi connectivity index (χ0v) is 13.6. The van der Waals surface area contributed by atoms with E-state index in [9.17, 15) is 9.59 Å². The summed E-state index contributed by atoms with van der Waals surface area (Å²) in [6, 6.07) is 5.06. The number of amides is 2. The van der Waals surface area contributed by atoms with Crippen molar-refractivity contribution < 1.29 is 19.1 Å². The Bertz CT molecular complexity index is 632. The van der Waals surface area contributed by atoms with Gasteiger partial charge in [0.2, 0.25) is 0 Å². The molecule has 0 unspecified atom stereocenters. The second kappa shape index (κ2) is 5.76. The van der Waals surface area contributed by atoms with Crippen molar-refractivity contribution in [1.29, 1.82) is 0 Å². The van der Waals surface area contributed by atoms with Gasteiger partial charge in [-0.15, -0.1) is 0 Å². The van der Waals surface area contributed by atoms with Crippen LogP contribution in [0.1, 0.15) is 45.1 Å². The summed E-state index contributed by atoms with van der Waals surface area (Å²) in [4.78, 5) is 24.1. The smallest absolute Gasteiger partial charge is 0.408 e. The number of nitrogens with one attached hydrogen (secondary N) is 2. The summed E-state index contributed by atoms with van der Waals surface area (Å²) in [5, 5.41) is 5.34. The molecule has 1 aromatic carbocycles. The summed E-state index contributed by atoms with van der Waals surface area (Å²) < 4.78 is 10.9. The number of ether oxygens (including phenoxy) is 2. The van der Waals surface area contributed by atoms with E-state index in [1.807, 2.05) is 18.2 Å². The van der Waals surface area contributed by atoms with Gasteiger partial charge in [0.05, 0.1) is 5.69 Å². The Labute approximate surface area is 135 Å². The number of hydrogen-bond acceptors (Lipinski definition) is 4. The Morgan fingerprint density at radius 3 is 2.74 bits per heavy atom. The third-order valence-electron chi connectivity index (χ3n) is 3.73. The second-order valence-corrected chi connectivity index (χ2v) is 7.03. The van der Waals surface area contributed by atoms with Crippen LogP contribution in [0.4, 0.5) is 10.5 Å². The fraction of sp³-hybridized carbons (Fsp3) is 0.529. The van der Waals surface area contributed by atoms with Crippen LogP contribution in [-0.4, -0.2) is 30.3 Å². The molecule has 0 radical (unpaired) electrons. The zero-order chi connectivity index (χ0) is 16.6. The highest BCUT2D eigenvalue weighted by atomic mass is 16.6. The third-order valence-corrected chi connectivity index (χ3v) is 3.73. The lowest BCUT2D eigenvalue weighted by atomic mass is 10.1. The second-order valence-electron chi connectivity index (χ2n) is 7.03. The molecule has 0 spiro atoms. The highest BCUT2D eigenvalue weighted by molar-refractivity contribution is 5.98. The average molecular weight is 318 g/mol. The van der Waals surface area contributed by atoms with Crippen molar-refractivity contribution in [1.82, 2.24) is 5.32 Å². The fourth-order valence-electron chi connectivity index (χ4n) is 2.46. The Balaban J connectivity index is 1.68. The number of carbonyl (C=O) groups excluding carboxylic acids is 2. The lowest BCUT2D eigenvalue weighted by molar-refractivity contribution is -0.118. The van der Waals surface area contributed by atoms with Gasteiger partial charge in [-0.3, -0.25) is 4.79 Å². The molecule has 2 N–H and O–H groups in total. The van der Waals surface area contributed by atoms with Gasteiger partial charge in [0.1, 0.15) is 24.0 Å². The standard InChI is InChI=1S/C17H22N2O4/c1-17(2,3)23-16(21)19-13-9-22-14-8-11(10-4-5-10)6-7-12(14)18-15(13)20/h6-8,10,13H,4-5,9H2,1-3H3,(H,18,20)(H,19,21)/t13-/m0/s1. The van der Waals surface area contributed by atoms with Gasteiger partial charge in [-0.05, 0) is 57.2 Å². The Morgan fingerprint density at radius 2 is 2.09 bits per heavy atom. The predicted octanol–water partition coefficient (Wildman–Crippen LogP) is 2.79. The van der Waals surface area contributed by atoms with Gasteiger partial charge in [0.25, 0.3) is 5.91 Å². The summed E-state index contributed by atoms with van der Waals surface area (Å²) in [6.45, 7) is 5.38. The monoisotopic (exact) mass is 318 g/mol. The van der Waals surface area contributed by atoms with E-state index in [4.69, 9.17) is 9.47 Å². The molecule has 1 aliphatic carbocycles. The molecule has 1 atom stereocenters. The van der Waals surface area contributed by atoms with Crippen LogP contribution < -0.4 is 15.4 Å². The molecule has 1 saturated carbocycles. The number of alkyl carbamates (subject to hydrolysis) is 1. The quantitative estimate of drug-likeness (QED) is 0.879. The zero-order valence-electron chi connectivity index (χ0n) is 13.6. The van der Waals surface area contributed by atoms with E-state index in [1.54, 1.807) is 20.8 Å². The highest BCUT2D eigenvalue weighted by Crippen LogP contribution is 2.42. The number of anilines is 1. The van der Waals surface area contributed by atoms with E-state index in [1.165, 1.54) is 18.4 Å². The Morgan fingerprint density at radius 1 is 1.35 bits per heavy atom. The summed E-state index contributed by atoms with van der Waals surface area (Å²) in [7, 11) is 0. The van der Waals surface area contributed by atoms with E-state index in [-0.39, 0.29) is 12.5 Å². The average Bonchev–Trinajstić information content (AvgIpc) is 3.26. The van der Waals surface area contributed by atoms with Crippen molar-refractivity contribution in [3.63, 3.8) is 0 Å². The highest BCUT2D eigenvalue weighted by Gasteiger charge is 2.30. The molecule has 124 valence electrons. The van der Waals surface area contributed by atoms with Crippen LogP contribution in [0, 0.1) is 0 Å². The number of benzene rings is 1. The van der Waals surface area contributed by atoms with Crippen LogP contribution in [0.15, 0.2) is 18.2 Å². The van der Waals surface area contributed by atoms with Gasteiger partial charge in [-0.25, -0.2) is 4.79 Å². The van der Waals surface area contributed by atoms with Crippen molar-refractivity contribution >= 4 is 17.7 Å². The van der Waals surface area contributed by atoms with Crippen molar-refractivity contribution in [2.75, 3.05) is 11.9 Å². The molecule has 0 aromatic heterocycles. The normalized spacial score (nSPS) is 20.7. The first kappa shape index (κ1) is 15.6. The number of fused-ring (bicyclic) bond motifs is 1. The van der Waals surface area contributed by atoms with E-state index in [0.717, 1.165) is 0 Å². The molecule has 23 heavy (non-hydrogen) atoms. The first-order chi connectivity index (χ1) is 10.8. The minimum atomic E-state index is -0.790. The summed E-state index contributed by atoms with van der Waals surface area (Å²) in [6.07, 6.45) is 1.77. The van der Waals surface area contributed by atoms with Gasteiger partial charge in [0, 0.05) is 0 Å². The summed E-state index contributed by atoms with van der Waals surface area (Å²) >= 11 is 0. The molecule has 2 amide bonds. The first-order valence-electron chi connectivity index (χ1n) is 7.89.